The van der Waals surface area contributed by atoms with Gasteiger partial charge in [0.15, 0.2) is 0 Å². The van der Waals surface area contributed by atoms with E-state index in [0.717, 1.165) is 17.8 Å². The number of benzene rings is 1. The van der Waals surface area contributed by atoms with Gasteiger partial charge in [0.05, 0.1) is 11.2 Å². The second-order valence-electron chi connectivity index (χ2n) is 5.85. The van der Waals surface area contributed by atoms with E-state index in [9.17, 15) is 0 Å². The first kappa shape index (κ1) is 15.8. The molecule has 3 heteroatoms. The fourth-order valence-corrected chi connectivity index (χ4v) is 2.74. The van der Waals surface area contributed by atoms with Gasteiger partial charge in [-0.25, -0.2) is 0 Å². The summed E-state index contributed by atoms with van der Waals surface area (Å²) in [7, 11) is 0. The van der Waals surface area contributed by atoms with Crippen molar-refractivity contribution < 1.29 is 0 Å². The van der Waals surface area contributed by atoms with E-state index >= 15 is 0 Å². The van der Waals surface area contributed by atoms with E-state index in [1.165, 1.54) is 30.3 Å². The van der Waals surface area contributed by atoms with Crippen LogP contribution in [0, 0.1) is 0 Å². The van der Waals surface area contributed by atoms with Gasteiger partial charge >= 0.3 is 0 Å². The molecule has 1 aromatic carbocycles. The van der Waals surface area contributed by atoms with Crippen LogP contribution < -0.4 is 10.6 Å². The first-order valence-corrected chi connectivity index (χ1v) is 8.02. The number of para-hydroxylation sites is 1. The molecule has 0 saturated heterocycles. The molecule has 2 N–H and O–H groups in total. The number of rotatable bonds is 7. The van der Waals surface area contributed by atoms with Gasteiger partial charge in [-0.2, -0.15) is 0 Å². The van der Waals surface area contributed by atoms with Gasteiger partial charge in [-0.1, -0.05) is 38.0 Å². The number of nitrogens with two attached hydrogens (primary N) is 1. The predicted molar refractivity (Wildman–Crippen MR) is 91.6 cm³/mol. The molecular weight excluding hydrogens is 258 g/mol. The molecule has 0 spiro atoms. The summed E-state index contributed by atoms with van der Waals surface area (Å²) >= 11 is 0. The molecule has 0 fully saturated rings. The molecule has 1 heterocycles. The van der Waals surface area contributed by atoms with E-state index in [2.05, 4.69) is 54.9 Å². The van der Waals surface area contributed by atoms with E-state index < -0.39 is 0 Å². The molecule has 114 valence electrons. The monoisotopic (exact) mass is 285 g/mol. The highest BCUT2D eigenvalue weighted by Gasteiger charge is 2.14. The average molecular weight is 285 g/mol. The summed E-state index contributed by atoms with van der Waals surface area (Å²) in [6.45, 7) is 8.32. The fraction of sp³-hybridized carbons (Fsp3) is 0.500. The molecule has 0 unspecified atom stereocenters. The van der Waals surface area contributed by atoms with Gasteiger partial charge in [0, 0.05) is 30.2 Å². The first-order valence-electron chi connectivity index (χ1n) is 8.02. The Morgan fingerprint density at radius 3 is 2.62 bits per heavy atom. The van der Waals surface area contributed by atoms with Gasteiger partial charge in [-0.3, -0.25) is 4.98 Å². The lowest BCUT2D eigenvalue weighted by Gasteiger charge is -2.30. The van der Waals surface area contributed by atoms with Crippen molar-refractivity contribution >= 4 is 16.6 Å². The normalized spacial score (nSPS) is 11.3. The Kier molecular flexibility index (Phi) is 5.57. The second kappa shape index (κ2) is 7.41. The zero-order valence-corrected chi connectivity index (χ0v) is 13.5. The number of pyridine rings is 1. The molecule has 0 atom stereocenters. The topological polar surface area (TPSA) is 42.1 Å². The summed E-state index contributed by atoms with van der Waals surface area (Å²) in [6, 6.07) is 11.0. The third-order valence-corrected chi connectivity index (χ3v) is 3.89. The second-order valence-corrected chi connectivity index (χ2v) is 5.85. The maximum Gasteiger partial charge on any atom is 0.0726 e. The molecular formula is C18H27N3. The van der Waals surface area contributed by atoms with Gasteiger partial charge in [0.1, 0.15) is 0 Å². The van der Waals surface area contributed by atoms with E-state index in [-0.39, 0.29) is 0 Å². The highest BCUT2D eigenvalue weighted by Crippen LogP contribution is 2.28. The average Bonchev–Trinajstić information content (AvgIpc) is 2.50. The van der Waals surface area contributed by atoms with Crippen LogP contribution in [-0.2, 0) is 6.54 Å². The lowest BCUT2D eigenvalue weighted by molar-refractivity contribution is 0.627. The summed E-state index contributed by atoms with van der Waals surface area (Å²) in [5.41, 5.74) is 9.10. The molecule has 2 rings (SSSR count). The third-order valence-electron chi connectivity index (χ3n) is 3.89. The summed E-state index contributed by atoms with van der Waals surface area (Å²) in [5.74, 6) is 0. The largest absolute Gasteiger partial charge is 0.369 e. The number of hydrogen-bond acceptors (Lipinski definition) is 3. The minimum atomic E-state index is 0.471. The molecule has 0 saturated carbocycles. The summed E-state index contributed by atoms with van der Waals surface area (Å²) < 4.78 is 0. The van der Waals surface area contributed by atoms with Crippen LogP contribution in [0.4, 0.5) is 5.69 Å². The van der Waals surface area contributed by atoms with Gasteiger partial charge in [0.2, 0.25) is 0 Å². The maximum atomic E-state index is 5.83. The van der Waals surface area contributed by atoms with Crippen molar-refractivity contribution in [2.75, 3.05) is 11.4 Å². The number of anilines is 1. The fourth-order valence-electron chi connectivity index (χ4n) is 2.74. The zero-order valence-electron chi connectivity index (χ0n) is 13.5. The van der Waals surface area contributed by atoms with Gasteiger partial charge < -0.3 is 10.6 Å². The van der Waals surface area contributed by atoms with Crippen LogP contribution >= 0.6 is 0 Å². The SMILES string of the molecule is CCCCCN(c1cc(CN)nc2ccccc12)C(C)C. The molecule has 2 aromatic rings. The third kappa shape index (κ3) is 3.73. The quantitative estimate of drug-likeness (QED) is 0.779. The van der Waals surface area contributed by atoms with Crippen LogP contribution in [0.1, 0.15) is 45.7 Å². The number of fused-ring (bicyclic) bond motifs is 1. The van der Waals surface area contributed by atoms with Crippen LogP contribution in [0.15, 0.2) is 30.3 Å². The lowest BCUT2D eigenvalue weighted by Crippen LogP contribution is -2.32. The highest BCUT2D eigenvalue weighted by molar-refractivity contribution is 5.92. The van der Waals surface area contributed by atoms with Gasteiger partial charge in [-0.05, 0) is 32.4 Å². The number of aromatic nitrogens is 1. The summed E-state index contributed by atoms with van der Waals surface area (Å²) in [6.07, 6.45) is 3.75. The highest BCUT2D eigenvalue weighted by atomic mass is 15.2. The Labute approximate surface area is 128 Å². The maximum absolute atomic E-state index is 5.83. The van der Waals surface area contributed by atoms with Gasteiger partial charge in [0.25, 0.3) is 0 Å². The van der Waals surface area contributed by atoms with Crippen LogP contribution in [0.25, 0.3) is 10.9 Å². The van der Waals surface area contributed by atoms with Crippen molar-refractivity contribution in [3.05, 3.63) is 36.0 Å². The number of hydrogen-bond donors (Lipinski definition) is 1. The number of unbranched alkanes of at least 4 members (excludes halogenated alkanes) is 2. The predicted octanol–water partition coefficient (Wildman–Crippen LogP) is 4.10. The molecule has 3 nitrogen and oxygen atoms in total. The molecule has 0 radical (unpaired) electrons. The molecule has 0 amide bonds. The molecule has 0 bridgehead atoms. The first-order chi connectivity index (χ1) is 10.2. The smallest absolute Gasteiger partial charge is 0.0726 e. The van der Waals surface area contributed by atoms with Crippen molar-refractivity contribution in [2.45, 2.75) is 52.6 Å². The van der Waals surface area contributed by atoms with Crippen LogP contribution in [0.5, 0.6) is 0 Å². The summed E-state index contributed by atoms with van der Waals surface area (Å²) in [4.78, 5) is 7.13. The Morgan fingerprint density at radius 1 is 1.19 bits per heavy atom. The molecule has 0 aliphatic heterocycles. The molecule has 21 heavy (non-hydrogen) atoms. The van der Waals surface area contributed by atoms with Crippen molar-refractivity contribution in [1.29, 1.82) is 0 Å². The molecule has 0 aliphatic rings. The van der Waals surface area contributed by atoms with Crippen molar-refractivity contribution in [2.24, 2.45) is 5.73 Å². The Hall–Kier alpha value is -1.61. The van der Waals surface area contributed by atoms with E-state index in [0.29, 0.717) is 12.6 Å². The van der Waals surface area contributed by atoms with E-state index in [4.69, 9.17) is 5.73 Å². The van der Waals surface area contributed by atoms with E-state index in [1.54, 1.807) is 0 Å². The standard InChI is InChI=1S/C18H27N3/c1-4-5-8-11-21(14(2)3)18-12-15(13-19)20-17-10-7-6-9-16(17)18/h6-7,9-10,12,14H,4-5,8,11,13,19H2,1-3H3. The minimum Gasteiger partial charge on any atom is -0.369 e. The van der Waals surface area contributed by atoms with Crippen LogP contribution in [0.2, 0.25) is 0 Å². The van der Waals surface area contributed by atoms with Crippen LogP contribution in [-0.4, -0.2) is 17.6 Å². The minimum absolute atomic E-state index is 0.471. The molecule has 1 aromatic heterocycles. The van der Waals surface area contributed by atoms with Gasteiger partial charge in [-0.15, -0.1) is 0 Å². The lowest BCUT2D eigenvalue weighted by atomic mass is 10.1. The number of nitrogens with zero attached hydrogens (tertiary/aromatic N) is 2. The Morgan fingerprint density at radius 2 is 1.95 bits per heavy atom. The Balaban J connectivity index is 2.44. The van der Waals surface area contributed by atoms with Crippen LogP contribution in [0.3, 0.4) is 0 Å². The van der Waals surface area contributed by atoms with Crippen molar-refractivity contribution in [1.82, 2.24) is 4.98 Å². The van der Waals surface area contributed by atoms with E-state index in [1.807, 2.05) is 6.07 Å². The van der Waals surface area contributed by atoms with Crippen molar-refractivity contribution in [3.63, 3.8) is 0 Å². The Bertz CT molecular complexity index is 578. The zero-order chi connectivity index (χ0) is 15.2. The molecule has 0 aliphatic carbocycles. The van der Waals surface area contributed by atoms with Crippen molar-refractivity contribution in [3.8, 4) is 0 Å². The summed E-state index contributed by atoms with van der Waals surface area (Å²) in [5, 5.41) is 1.22.